The maximum absolute atomic E-state index is 9.39. The van der Waals surface area contributed by atoms with E-state index in [4.69, 9.17) is 12.7 Å². The molecule has 7 heteroatoms. The molecule has 0 fully saturated rings. The van der Waals surface area contributed by atoms with Gasteiger partial charge in [0.1, 0.15) is 0 Å². The predicted molar refractivity (Wildman–Crippen MR) is 55.1 cm³/mol. The monoisotopic (exact) mass is 226 g/mol. The fourth-order valence-corrected chi connectivity index (χ4v) is 6.12. The molecule has 1 atom stereocenters. The molecule has 0 amide bonds. The van der Waals surface area contributed by atoms with Crippen molar-refractivity contribution in [3.05, 3.63) is 0 Å². The number of hydrogen-bond acceptors (Lipinski definition) is 4. The summed E-state index contributed by atoms with van der Waals surface area (Å²) in [5, 5.41) is 0. The molecule has 12 heavy (non-hydrogen) atoms. The predicted octanol–water partition coefficient (Wildman–Crippen LogP) is -0.401. The Morgan fingerprint density at radius 2 is 2.08 bits per heavy atom. The SMILES string of the molecule is CCO[SiH2]O[SiH](C)O[Si](C)(C)O. The maximum atomic E-state index is 9.39. The third-order valence-electron chi connectivity index (χ3n) is 1.04. The highest BCUT2D eigenvalue weighted by Crippen LogP contribution is 2.01. The van der Waals surface area contributed by atoms with E-state index in [9.17, 15) is 4.80 Å². The Labute approximate surface area is 79.0 Å². The second-order valence-electron chi connectivity index (χ2n) is 2.91. The minimum absolute atomic E-state index is 0.702. The number of rotatable bonds is 6. The van der Waals surface area contributed by atoms with Gasteiger partial charge in [0.15, 0.2) is 0 Å². The van der Waals surface area contributed by atoms with Crippen LogP contribution in [0.1, 0.15) is 6.92 Å². The van der Waals surface area contributed by atoms with Gasteiger partial charge in [-0.25, -0.2) is 0 Å². The average molecular weight is 226 g/mol. The molecule has 0 saturated heterocycles. The Kier molecular flexibility index (Phi) is 6.27. The van der Waals surface area contributed by atoms with Crippen molar-refractivity contribution in [2.45, 2.75) is 26.6 Å². The van der Waals surface area contributed by atoms with E-state index in [2.05, 4.69) is 0 Å². The minimum atomic E-state index is -2.38. The van der Waals surface area contributed by atoms with Crippen molar-refractivity contribution >= 4 is 27.9 Å². The highest BCUT2D eigenvalue weighted by atomic mass is 28.4. The molecule has 0 saturated carbocycles. The lowest BCUT2D eigenvalue weighted by Gasteiger charge is -2.20. The highest BCUT2D eigenvalue weighted by molar-refractivity contribution is 6.71. The largest absolute Gasteiger partial charge is 0.422 e. The van der Waals surface area contributed by atoms with Gasteiger partial charge in [0, 0.05) is 6.61 Å². The molecule has 1 N–H and O–H groups in total. The van der Waals surface area contributed by atoms with Crippen LogP contribution in [0.15, 0.2) is 0 Å². The Morgan fingerprint density at radius 3 is 2.50 bits per heavy atom. The van der Waals surface area contributed by atoms with Crippen molar-refractivity contribution in [3.63, 3.8) is 0 Å². The van der Waals surface area contributed by atoms with Crippen LogP contribution < -0.4 is 0 Å². The summed E-state index contributed by atoms with van der Waals surface area (Å²) in [6.45, 7) is 8.03. The topological polar surface area (TPSA) is 47.9 Å². The van der Waals surface area contributed by atoms with E-state index >= 15 is 0 Å². The van der Waals surface area contributed by atoms with Crippen LogP contribution in [0.5, 0.6) is 0 Å². The van der Waals surface area contributed by atoms with E-state index in [-0.39, 0.29) is 0 Å². The zero-order valence-corrected chi connectivity index (χ0v) is 11.7. The van der Waals surface area contributed by atoms with Crippen molar-refractivity contribution in [2.24, 2.45) is 0 Å². The van der Waals surface area contributed by atoms with Crippen molar-refractivity contribution < 1.29 is 17.5 Å². The normalized spacial score (nSPS) is 15.8. The molecule has 0 radical (unpaired) electrons. The molecule has 1 unspecified atom stereocenters. The van der Waals surface area contributed by atoms with Crippen LogP contribution in [0.4, 0.5) is 0 Å². The smallest absolute Gasteiger partial charge is 0.320 e. The first-order chi connectivity index (χ1) is 5.45. The lowest BCUT2D eigenvalue weighted by molar-refractivity contribution is 0.283. The van der Waals surface area contributed by atoms with Crippen molar-refractivity contribution in [1.29, 1.82) is 0 Å². The molecule has 0 aromatic rings. The van der Waals surface area contributed by atoms with Gasteiger partial charge < -0.3 is 17.5 Å². The van der Waals surface area contributed by atoms with Crippen LogP contribution in [-0.2, 0) is 12.7 Å². The van der Waals surface area contributed by atoms with E-state index in [1.807, 2.05) is 13.5 Å². The summed E-state index contributed by atoms with van der Waals surface area (Å²) < 4.78 is 15.8. The van der Waals surface area contributed by atoms with Crippen LogP contribution in [-0.4, -0.2) is 39.3 Å². The van der Waals surface area contributed by atoms with Gasteiger partial charge in [-0.05, 0) is 26.6 Å². The molecule has 0 aliphatic carbocycles. The summed E-state index contributed by atoms with van der Waals surface area (Å²) in [5.74, 6) is 0. The molecule has 0 bridgehead atoms. The Morgan fingerprint density at radius 1 is 1.50 bits per heavy atom. The molecular formula is C5H18O4Si3. The molecule has 0 aliphatic rings. The first-order valence-corrected chi connectivity index (χ1v) is 10.2. The van der Waals surface area contributed by atoms with Crippen LogP contribution >= 0.6 is 0 Å². The van der Waals surface area contributed by atoms with E-state index in [0.29, 0.717) is 6.61 Å². The van der Waals surface area contributed by atoms with Crippen LogP contribution in [0.2, 0.25) is 19.6 Å². The minimum Gasteiger partial charge on any atom is -0.422 e. The van der Waals surface area contributed by atoms with Gasteiger partial charge >= 0.3 is 8.56 Å². The molecule has 74 valence electrons. The second kappa shape index (κ2) is 6.02. The lowest BCUT2D eigenvalue weighted by atomic mass is 10.9. The van der Waals surface area contributed by atoms with Gasteiger partial charge in [0.2, 0.25) is 0 Å². The Bertz CT molecular complexity index is 116. The first-order valence-electron chi connectivity index (χ1n) is 4.05. The number of hydrogen-bond donors (Lipinski definition) is 1. The van der Waals surface area contributed by atoms with Crippen molar-refractivity contribution in [3.8, 4) is 0 Å². The van der Waals surface area contributed by atoms with Gasteiger partial charge in [0.25, 0.3) is 19.3 Å². The molecule has 4 nitrogen and oxygen atoms in total. The van der Waals surface area contributed by atoms with Crippen LogP contribution in [0, 0.1) is 0 Å². The highest BCUT2D eigenvalue weighted by Gasteiger charge is 2.22. The molecule has 0 rings (SSSR count). The molecule has 0 aliphatic heterocycles. The lowest BCUT2D eigenvalue weighted by Crippen LogP contribution is -2.38. The fraction of sp³-hybridized carbons (Fsp3) is 1.00. The first kappa shape index (κ1) is 12.5. The fourth-order valence-electron chi connectivity index (χ4n) is 0.667. The van der Waals surface area contributed by atoms with E-state index in [0.717, 1.165) is 0 Å². The van der Waals surface area contributed by atoms with E-state index in [1.165, 1.54) is 0 Å². The molecule has 0 spiro atoms. The zero-order valence-electron chi connectivity index (χ0n) is 8.16. The van der Waals surface area contributed by atoms with E-state index < -0.39 is 27.9 Å². The van der Waals surface area contributed by atoms with Gasteiger partial charge in [0.05, 0.1) is 0 Å². The van der Waals surface area contributed by atoms with Gasteiger partial charge in [-0.2, -0.15) is 0 Å². The quantitative estimate of drug-likeness (QED) is 0.495. The van der Waals surface area contributed by atoms with Crippen LogP contribution in [0.25, 0.3) is 0 Å². The standard InChI is InChI=1S/C5H18O4Si3/c1-5-7-10-8-11(2)9-12(3,4)6/h6,11H,5,10H2,1-4H3. The molecular weight excluding hydrogens is 208 g/mol. The van der Waals surface area contributed by atoms with Gasteiger partial charge in [-0.3, -0.25) is 0 Å². The van der Waals surface area contributed by atoms with Gasteiger partial charge in [-0.15, -0.1) is 0 Å². The third-order valence-corrected chi connectivity index (χ3v) is 7.68. The molecule has 0 aromatic heterocycles. The molecule has 0 heterocycles. The molecule has 0 aromatic carbocycles. The van der Waals surface area contributed by atoms with E-state index in [1.54, 1.807) is 13.1 Å². The summed E-state index contributed by atoms with van der Waals surface area (Å²) in [7, 11) is -4.84. The summed E-state index contributed by atoms with van der Waals surface area (Å²) >= 11 is 0. The Balaban J connectivity index is 3.40. The van der Waals surface area contributed by atoms with Crippen molar-refractivity contribution in [2.75, 3.05) is 6.61 Å². The summed E-state index contributed by atoms with van der Waals surface area (Å²) in [4.78, 5) is 9.39. The summed E-state index contributed by atoms with van der Waals surface area (Å²) in [6, 6.07) is 0. The summed E-state index contributed by atoms with van der Waals surface area (Å²) in [5.41, 5.74) is 0. The maximum Gasteiger partial charge on any atom is 0.320 e. The zero-order chi connectivity index (χ0) is 9.61. The second-order valence-corrected chi connectivity index (χ2v) is 9.86. The van der Waals surface area contributed by atoms with Gasteiger partial charge in [-0.1, -0.05) is 0 Å². The third kappa shape index (κ3) is 8.59. The summed E-state index contributed by atoms with van der Waals surface area (Å²) in [6.07, 6.45) is 0. The van der Waals surface area contributed by atoms with Crippen molar-refractivity contribution in [1.82, 2.24) is 0 Å². The Hall–Kier alpha value is 0.491. The average Bonchev–Trinajstić information content (AvgIpc) is 1.84. The van der Waals surface area contributed by atoms with Crippen LogP contribution in [0.3, 0.4) is 0 Å².